The highest BCUT2D eigenvalue weighted by atomic mass is 79.9. The Balaban J connectivity index is 2.14. The van der Waals surface area contributed by atoms with E-state index < -0.39 is 5.82 Å². The molecule has 0 aromatic heterocycles. The van der Waals surface area contributed by atoms with Gasteiger partial charge in [-0.1, -0.05) is 12.1 Å². The number of carbonyl (C=O) groups is 1. The second kappa shape index (κ2) is 6.13. The monoisotopic (exact) mass is 339 g/mol. The second-order valence-electron chi connectivity index (χ2n) is 4.41. The van der Waals surface area contributed by atoms with Gasteiger partial charge in [-0.25, -0.2) is 8.78 Å². The molecule has 0 atom stereocenters. The third-order valence-electron chi connectivity index (χ3n) is 2.84. The number of nitrogens with zero attached hydrogens (tertiary/aromatic N) is 1. The molecule has 104 valence electrons. The molecule has 0 unspecified atom stereocenters. The van der Waals surface area contributed by atoms with Crippen LogP contribution in [-0.2, 0) is 6.54 Å². The summed E-state index contributed by atoms with van der Waals surface area (Å²) in [5.41, 5.74) is 1.21. The van der Waals surface area contributed by atoms with Crippen LogP contribution < -0.4 is 0 Å². The van der Waals surface area contributed by atoms with E-state index in [0.29, 0.717) is 16.6 Å². The van der Waals surface area contributed by atoms with Crippen LogP contribution in [0.15, 0.2) is 46.9 Å². The SMILES string of the molecule is CN(Cc1ccc(F)cc1)C(=O)c1ccc(F)cc1Br. The molecule has 0 saturated heterocycles. The van der Waals surface area contributed by atoms with Crippen molar-refractivity contribution in [3.63, 3.8) is 0 Å². The maximum Gasteiger partial charge on any atom is 0.255 e. The van der Waals surface area contributed by atoms with Crippen LogP contribution in [-0.4, -0.2) is 17.9 Å². The zero-order chi connectivity index (χ0) is 14.7. The van der Waals surface area contributed by atoms with E-state index in [9.17, 15) is 13.6 Å². The summed E-state index contributed by atoms with van der Waals surface area (Å²) in [6.07, 6.45) is 0. The number of halogens is 3. The average molecular weight is 340 g/mol. The van der Waals surface area contributed by atoms with E-state index in [4.69, 9.17) is 0 Å². The van der Waals surface area contributed by atoms with Crippen molar-refractivity contribution in [2.75, 3.05) is 7.05 Å². The van der Waals surface area contributed by atoms with Gasteiger partial charge in [-0.3, -0.25) is 4.79 Å². The van der Waals surface area contributed by atoms with Gasteiger partial charge in [0.25, 0.3) is 5.91 Å². The highest BCUT2D eigenvalue weighted by molar-refractivity contribution is 9.10. The summed E-state index contributed by atoms with van der Waals surface area (Å²) in [4.78, 5) is 13.7. The van der Waals surface area contributed by atoms with Crippen molar-refractivity contribution in [1.82, 2.24) is 4.90 Å². The first-order valence-electron chi connectivity index (χ1n) is 5.92. The molecule has 2 aromatic rings. The summed E-state index contributed by atoms with van der Waals surface area (Å²) in [6.45, 7) is 0.350. The molecular weight excluding hydrogens is 328 g/mol. The van der Waals surface area contributed by atoms with Crippen LogP contribution in [0.5, 0.6) is 0 Å². The van der Waals surface area contributed by atoms with Crippen molar-refractivity contribution >= 4 is 21.8 Å². The second-order valence-corrected chi connectivity index (χ2v) is 5.27. The lowest BCUT2D eigenvalue weighted by Crippen LogP contribution is -2.26. The van der Waals surface area contributed by atoms with Crippen molar-refractivity contribution in [1.29, 1.82) is 0 Å². The minimum absolute atomic E-state index is 0.235. The van der Waals surface area contributed by atoms with Crippen LogP contribution in [0.4, 0.5) is 8.78 Å². The van der Waals surface area contributed by atoms with Gasteiger partial charge in [0.15, 0.2) is 0 Å². The van der Waals surface area contributed by atoms with Gasteiger partial charge in [0.2, 0.25) is 0 Å². The lowest BCUT2D eigenvalue weighted by Gasteiger charge is -2.18. The molecule has 2 nitrogen and oxygen atoms in total. The minimum Gasteiger partial charge on any atom is -0.337 e. The fourth-order valence-corrected chi connectivity index (χ4v) is 2.32. The van der Waals surface area contributed by atoms with E-state index in [-0.39, 0.29) is 11.7 Å². The number of amides is 1. The smallest absolute Gasteiger partial charge is 0.255 e. The molecule has 0 saturated carbocycles. The van der Waals surface area contributed by atoms with Crippen LogP contribution in [0, 0.1) is 11.6 Å². The van der Waals surface area contributed by atoms with Gasteiger partial charge in [-0.2, -0.15) is 0 Å². The Morgan fingerprint density at radius 3 is 2.30 bits per heavy atom. The molecule has 0 bridgehead atoms. The zero-order valence-corrected chi connectivity index (χ0v) is 12.3. The number of rotatable bonds is 3. The summed E-state index contributed by atoms with van der Waals surface area (Å²) >= 11 is 3.17. The van der Waals surface area contributed by atoms with Crippen molar-refractivity contribution in [3.8, 4) is 0 Å². The quantitative estimate of drug-likeness (QED) is 0.827. The molecule has 1 amide bonds. The van der Waals surface area contributed by atoms with Crippen LogP contribution in [0.1, 0.15) is 15.9 Å². The molecule has 0 radical (unpaired) electrons. The highest BCUT2D eigenvalue weighted by Gasteiger charge is 2.15. The van der Waals surface area contributed by atoms with Gasteiger partial charge in [0, 0.05) is 18.1 Å². The maximum absolute atomic E-state index is 13.0. The normalized spacial score (nSPS) is 10.4. The zero-order valence-electron chi connectivity index (χ0n) is 10.7. The van der Waals surface area contributed by atoms with Crippen molar-refractivity contribution in [2.45, 2.75) is 6.54 Å². The first-order valence-corrected chi connectivity index (χ1v) is 6.71. The molecule has 5 heteroatoms. The molecule has 0 aliphatic rings. The Kier molecular flexibility index (Phi) is 4.49. The third kappa shape index (κ3) is 3.42. The fraction of sp³-hybridized carbons (Fsp3) is 0.133. The van der Waals surface area contributed by atoms with Crippen LogP contribution in [0.25, 0.3) is 0 Å². The maximum atomic E-state index is 13.0. The number of carbonyl (C=O) groups excluding carboxylic acids is 1. The first kappa shape index (κ1) is 14.7. The van der Waals surface area contributed by atoms with E-state index >= 15 is 0 Å². The largest absolute Gasteiger partial charge is 0.337 e. The van der Waals surface area contributed by atoms with E-state index in [1.807, 2.05) is 0 Å². The fourth-order valence-electron chi connectivity index (χ4n) is 1.80. The minimum atomic E-state index is -0.408. The average Bonchev–Trinajstić information content (AvgIpc) is 2.40. The summed E-state index contributed by atoms with van der Waals surface area (Å²) < 4.78 is 26.2. The molecule has 0 spiro atoms. The van der Waals surface area contributed by atoms with E-state index in [0.717, 1.165) is 5.56 Å². The summed E-state index contributed by atoms with van der Waals surface area (Å²) in [5, 5.41) is 0. The molecule has 0 aliphatic carbocycles. The molecule has 0 aliphatic heterocycles. The van der Waals surface area contributed by atoms with Crippen molar-refractivity contribution < 1.29 is 13.6 Å². The number of hydrogen-bond acceptors (Lipinski definition) is 1. The first-order chi connectivity index (χ1) is 9.47. The van der Waals surface area contributed by atoms with Gasteiger partial charge in [0.1, 0.15) is 11.6 Å². The lowest BCUT2D eigenvalue weighted by atomic mass is 10.1. The molecule has 2 rings (SSSR count). The molecule has 0 N–H and O–H groups in total. The molecular formula is C15H12BrF2NO. The van der Waals surface area contributed by atoms with Crippen LogP contribution in [0.3, 0.4) is 0 Å². The predicted molar refractivity (Wildman–Crippen MR) is 76.3 cm³/mol. The lowest BCUT2D eigenvalue weighted by molar-refractivity contribution is 0.0784. The standard InChI is InChI=1S/C15H12BrF2NO/c1-19(9-10-2-4-11(17)5-3-10)15(20)13-7-6-12(18)8-14(13)16/h2-8H,9H2,1H3. The Morgan fingerprint density at radius 2 is 1.70 bits per heavy atom. The highest BCUT2D eigenvalue weighted by Crippen LogP contribution is 2.20. The molecule has 0 fully saturated rings. The summed E-state index contributed by atoms with van der Waals surface area (Å²) in [6, 6.07) is 9.87. The van der Waals surface area contributed by atoms with E-state index in [1.165, 1.54) is 35.2 Å². The van der Waals surface area contributed by atoms with Gasteiger partial charge in [0.05, 0.1) is 5.56 Å². The van der Waals surface area contributed by atoms with Crippen molar-refractivity contribution in [2.24, 2.45) is 0 Å². The summed E-state index contributed by atoms with van der Waals surface area (Å²) in [5.74, 6) is -0.958. The Morgan fingerprint density at radius 1 is 1.10 bits per heavy atom. The van der Waals surface area contributed by atoms with E-state index in [2.05, 4.69) is 15.9 Å². The van der Waals surface area contributed by atoms with Crippen LogP contribution in [0.2, 0.25) is 0 Å². The van der Waals surface area contributed by atoms with Crippen LogP contribution >= 0.6 is 15.9 Å². The number of benzene rings is 2. The number of hydrogen-bond donors (Lipinski definition) is 0. The van der Waals surface area contributed by atoms with Gasteiger partial charge in [-0.05, 0) is 51.8 Å². The van der Waals surface area contributed by atoms with Gasteiger partial charge in [-0.15, -0.1) is 0 Å². The Hall–Kier alpha value is -1.75. The Bertz CT molecular complexity index is 628. The molecule has 0 heterocycles. The van der Waals surface area contributed by atoms with E-state index in [1.54, 1.807) is 19.2 Å². The summed E-state index contributed by atoms with van der Waals surface area (Å²) in [7, 11) is 1.64. The molecule has 20 heavy (non-hydrogen) atoms. The Labute approximate surface area is 124 Å². The predicted octanol–water partition coefficient (Wildman–Crippen LogP) is 4.00. The van der Waals surface area contributed by atoms with Gasteiger partial charge >= 0.3 is 0 Å². The van der Waals surface area contributed by atoms with Crippen molar-refractivity contribution in [3.05, 3.63) is 69.7 Å². The van der Waals surface area contributed by atoms with Gasteiger partial charge < -0.3 is 4.90 Å². The molecule has 2 aromatic carbocycles. The third-order valence-corrected chi connectivity index (χ3v) is 3.50. The topological polar surface area (TPSA) is 20.3 Å².